The van der Waals surface area contributed by atoms with Crippen molar-refractivity contribution >= 4 is 5.70 Å². The van der Waals surface area contributed by atoms with Crippen molar-refractivity contribution in [2.45, 2.75) is 39.5 Å². The average molecular weight is 245 g/mol. The van der Waals surface area contributed by atoms with E-state index in [0.29, 0.717) is 0 Å². The summed E-state index contributed by atoms with van der Waals surface area (Å²) in [5.74, 6) is 1.01. The highest BCUT2D eigenvalue weighted by atomic mass is 16.5. The van der Waals surface area contributed by atoms with E-state index in [4.69, 9.17) is 4.74 Å². The maximum Gasteiger partial charge on any atom is 0.119 e. The van der Waals surface area contributed by atoms with Crippen LogP contribution in [0.15, 0.2) is 24.3 Å². The molecule has 0 saturated carbocycles. The van der Waals surface area contributed by atoms with Crippen LogP contribution in [0.3, 0.4) is 0 Å². The number of rotatable bonds is 5. The van der Waals surface area contributed by atoms with E-state index in [1.54, 1.807) is 0 Å². The van der Waals surface area contributed by atoms with E-state index in [-0.39, 0.29) is 0 Å². The molecule has 0 spiro atoms. The molecule has 1 N–H and O–H groups in total. The van der Waals surface area contributed by atoms with Crippen molar-refractivity contribution in [1.29, 1.82) is 0 Å². The third-order valence-electron chi connectivity index (χ3n) is 3.25. The van der Waals surface area contributed by atoms with Crippen molar-refractivity contribution in [3.8, 4) is 5.75 Å². The number of hydrogen-bond acceptors (Lipinski definition) is 2. The molecule has 2 heteroatoms. The fourth-order valence-electron chi connectivity index (χ4n) is 2.28. The smallest absolute Gasteiger partial charge is 0.119 e. The summed E-state index contributed by atoms with van der Waals surface area (Å²) >= 11 is 0. The second-order valence-corrected chi connectivity index (χ2v) is 4.72. The van der Waals surface area contributed by atoms with Crippen LogP contribution in [0, 0.1) is 0 Å². The van der Waals surface area contributed by atoms with Gasteiger partial charge in [-0.1, -0.05) is 26.3 Å². The Bertz CT molecular complexity index is 423. The second-order valence-electron chi connectivity index (χ2n) is 4.72. The lowest BCUT2D eigenvalue weighted by atomic mass is 9.97. The lowest BCUT2D eigenvalue weighted by molar-refractivity contribution is 0.309. The van der Waals surface area contributed by atoms with Crippen molar-refractivity contribution in [3.05, 3.63) is 35.4 Å². The molecule has 1 aliphatic heterocycles. The molecule has 98 valence electrons. The van der Waals surface area contributed by atoms with Crippen LogP contribution >= 0.6 is 0 Å². The van der Waals surface area contributed by atoms with E-state index in [1.165, 1.54) is 23.2 Å². The predicted octanol–water partition coefficient (Wildman–Crippen LogP) is 3.76. The Balaban J connectivity index is 2.14. The SMILES string of the molecule is CCC=C1NCCc2cc(OCCCC)ccc21. The quantitative estimate of drug-likeness (QED) is 0.797. The first-order chi connectivity index (χ1) is 8.85. The van der Waals surface area contributed by atoms with Crippen molar-refractivity contribution in [1.82, 2.24) is 5.32 Å². The molecule has 1 heterocycles. The Hall–Kier alpha value is -1.44. The molecular formula is C16H23NO. The van der Waals surface area contributed by atoms with Crippen LogP contribution in [-0.2, 0) is 6.42 Å². The van der Waals surface area contributed by atoms with Crippen LogP contribution in [0.4, 0.5) is 0 Å². The van der Waals surface area contributed by atoms with Gasteiger partial charge in [0.05, 0.1) is 6.61 Å². The lowest BCUT2D eigenvalue weighted by Crippen LogP contribution is -2.22. The molecule has 0 aliphatic carbocycles. The predicted molar refractivity (Wildman–Crippen MR) is 76.8 cm³/mol. The zero-order valence-electron chi connectivity index (χ0n) is 11.5. The maximum atomic E-state index is 5.77. The monoisotopic (exact) mass is 245 g/mol. The number of ether oxygens (including phenoxy) is 1. The molecule has 1 aliphatic rings. The highest BCUT2D eigenvalue weighted by Gasteiger charge is 2.13. The minimum atomic E-state index is 0.825. The summed E-state index contributed by atoms with van der Waals surface area (Å²) < 4.78 is 5.77. The van der Waals surface area contributed by atoms with Gasteiger partial charge >= 0.3 is 0 Å². The zero-order valence-corrected chi connectivity index (χ0v) is 11.5. The molecule has 0 saturated heterocycles. The number of hydrogen-bond donors (Lipinski definition) is 1. The molecule has 0 amide bonds. The summed E-state index contributed by atoms with van der Waals surface area (Å²) in [6, 6.07) is 6.48. The van der Waals surface area contributed by atoms with Gasteiger partial charge < -0.3 is 10.1 Å². The van der Waals surface area contributed by atoms with Crippen LogP contribution < -0.4 is 10.1 Å². The topological polar surface area (TPSA) is 21.3 Å². The van der Waals surface area contributed by atoms with E-state index >= 15 is 0 Å². The molecule has 0 fully saturated rings. The second kappa shape index (κ2) is 6.48. The van der Waals surface area contributed by atoms with Gasteiger partial charge in [0.1, 0.15) is 5.75 Å². The molecule has 0 radical (unpaired) electrons. The molecular weight excluding hydrogens is 222 g/mol. The first-order valence-corrected chi connectivity index (χ1v) is 7.05. The molecule has 0 atom stereocenters. The summed E-state index contributed by atoms with van der Waals surface area (Å²) in [6.45, 7) is 6.21. The third-order valence-corrected chi connectivity index (χ3v) is 3.25. The van der Waals surface area contributed by atoms with Gasteiger partial charge in [0, 0.05) is 17.8 Å². The van der Waals surface area contributed by atoms with E-state index in [0.717, 1.165) is 38.2 Å². The van der Waals surface area contributed by atoms with E-state index in [9.17, 15) is 0 Å². The van der Waals surface area contributed by atoms with Gasteiger partial charge in [-0.05, 0) is 43.0 Å². The van der Waals surface area contributed by atoms with Crippen LogP contribution in [-0.4, -0.2) is 13.2 Å². The Labute approximate surface area is 110 Å². The minimum absolute atomic E-state index is 0.825. The fourth-order valence-corrected chi connectivity index (χ4v) is 2.28. The summed E-state index contributed by atoms with van der Waals surface area (Å²) in [5, 5.41) is 3.47. The Kier molecular flexibility index (Phi) is 4.68. The summed E-state index contributed by atoms with van der Waals surface area (Å²) in [7, 11) is 0. The largest absolute Gasteiger partial charge is 0.494 e. The number of fused-ring (bicyclic) bond motifs is 1. The first-order valence-electron chi connectivity index (χ1n) is 7.05. The number of benzene rings is 1. The molecule has 2 nitrogen and oxygen atoms in total. The van der Waals surface area contributed by atoms with Crippen LogP contribution in [0.2, 0.25) is 0 Å². The maximum absolute atomic E-state index is 5.77. The van der Waals surface area contributed by atoms with Crippen molar-refractivity contribution in [3.63, 3.8) is 0 Å². The third kappa shape index (κ3) is 3.06. The van der Waals surface area contributed by atoms with Gasteiger partial charge in [0.2, 0.25) is 0 Å². The van der Waals surface area contributed by atoms with Gasteiger partial charge in [-0.25, -0.2) is 0 Å². The number of nitrogens with one attached hydrogen (secondary N) is 1. The van der Waals surface area contributed by atoms with E-state index < -0.39 is 0 Å². The minimum Gasteiger partial charge on any atom is -0.494 e. The van der Waals surface area contributed by atoms with Gasteiger partial charge in [-0.3, -0.25) is 0 Å². The Morgan fingerprint density at radius 1 is 1.33 bits per heavy atom. The van der Waals surface area contributed by atoms with Crippen LogP contribution in [0.5, 0.6) is 5.75 Å². The molecule has 0 aromatic heterocycles. The highest BCUT2D eigenvalue weighted by Crippen LogP contribution is 2.26. The van der Waals surface area contributed by atoms with Crippen molar-refractivity contribution in [2.75, 3.05) is 13.2 Å². The number of allylic oxidation sites excluding steroid dienone is 1. The molecule has 1 aromatic carbocycles. The fraction of sp³-hybridized carbons (Fsp3) is 0.500. The summed E-state index contributed by atoms with van der Waals surface area (Å²) in [6.07, 6.45) is 6.71. The molecule has 0 bridgehead atoms. The standard InChI is InChI=1S/C16H23NO/c1-3-5-11-18-14-7-8-15-13(12-14)9-10-17-16(15)6-4-2/h6-8,12,17H,3-5,9-11H2,1-2H3. The lowest BCUT2D eigenvalue weighted by Gasteiger charge is -2.22. The summed E-state index contributed by atoms with van der Waals surface area (Å²) in [4.78, 5) is 0. The van der Waals surface area contributed by atoms with E-state index in [2.05, 4.69) is 43.4 Å². The Morgan fingerprint density at radius 3 is 3.00 bits per heavy atom. The highest BCUT2D eigenvalue weighted by molar-refractivity contribution is 5.69. The normalized spacial score (nSPS) is 16.2. The van der Waals surface area contributed by atoms with Gasteiger partial charge in [0.25, 0.3) is 0 Å². The number of unbranched alkanes of at least 4 members (excludes halogenated alkanes) is 1. The Morgan fingerprint density at radius 2 is 2.22 bits per heavy atom. The first kappa shape index (κ1) is 13.0. The van der Waals surface area contributed by atoms with Crippen molar-refractivity contribution < 1.29 is 4.74 Å². The van der Waals surface area contributed by atoms with Crippen molar-refractivity contribution in [2.24, 2.45) is 0 Å². The average Bonchev–Trinajstić information content (AvgIpc) is 2.39. The van der Waals surface area contributed by atoms with E-state index in [1.807, 2.05) is 0 Å². The van der Waals surface area contributed by atoms with Gasteiger partial charge in [-0.15, -0.1) is 0 Å². The summed E-state index contributed by atoms with van der Waals surface area (Å²) in [5.41, 5.74) is 4.02. The molecule has 1 aromatic rings. The molecule has 0 unspecified atom stereocenters. The zero-order chi connectivity index (χ0) is 12.8. The molecule has 18 heavy (non-hydrogen) atoms. The molecule has 2 rings (SSSR count). The van der Waals surface area contributed by atoms with Gasteiger partial charge in [-0.2, -0.15) is 0 Å². The van der Waals surface area contributed by atoms with Crippen LogP contribution in [0.1, 0.15) is 44.2 Å². The van der Waals surface area contributed by atoms with Crippen LogP contribution in [0.25, 0.3) is 5.70 Å². The van der Waals surface area contributed by atoms with Gasteiger partial charge in [0.15, 0.2) is 0 Å².